The molecule has 29 heavy (non-hydrogen) atoms. The van der Waals surface area contributed by atoms with Crippen LogP contribution in [-0.2, 0) is 14.4 Å². The maximum Gasteiger partial charge on any atom is 0.287 e. The summed E-state index contributed by atoms with van der Waals surface area (Å²) < 4.78 is 4.89. The summed E-state index contributed by atoms with van der Waals surface area (Å²) in [5.74, 6) is -1.97. The number of amides is 4. The zero-order valence-electron chi connectivity index (χ0n) is 15.3. The first kappa shape index (κ1) is 22.3. The van der Waals surface area contributed by atoms with E-state index in [1.54, 1.807) is 12.1 Å². The lowest BCUT2D eigenvalue weighted by Gasteiger charge is -2.17. The Bertz CT molecular complexity index is 902. The van der Waals surface area contributed by atoms with Crippen molar-refractivity contribution >= 4 is 52.5 Å². The van der Waals surface area contributed by atoms with Gasteiger partial charge in [0.2, 0.25) is 17.7 Å². The molecule has 9 nitrogen and oxygen atoms in total. The Kier molecular flexibility index (Phi) is 8.05. The van der Waals surface area contributed by atoms with Crippen LogP contribution in [0.5, 0.6) is 0 Å². The summed E-state index contributed by atoms with van der Waals surface area (Å²) in [7, 11) is 1.42. The number of anilines is 1. The van der Waals surface area contributed by atoms with Gasteiger partial charge in [-0.1, -0.05) is 23.2 Å². The lowest BCUT2D eigenvalue weighted by atomic mass is 10.3. The maximum absolute atomic E-state index is 12.0. The number of carbonyl (C=O) groups is 4. The number of nitrogens with one attached hydrogen (secondary N) is 3. The van der Waals surface area contributed by atoms with Crippen LogP contribution >= 0.6 is 23.2 Å². The van der Waals surface area contributed by atoms with Gasteiger partial charge >= 0.3 is 0 Å². The molecule has 0 aliphatic rings. The van der Waals surface area contributed by atoms with Crippen molar-refractivity contribution in [1.29, 1.82) is 0 Å². The molecule has 4 amide bonds. The minimum absolute atomic E-state index is 0.0709. The molecule has 0 unspecified atom stereocenters. The van der Waals surface area contributed by atoms with Gasteiger partial charge in [0.1, 0.15) is 0 Å². The zero-order chi connectivity index (χ0) is 21.4. The van der Waals surface area contributed by atoms with Gasteiger partial charge in [-0.25, -0.2) is 0 Å². The monoisotopic (exact) mass is 440 g/mol. The number of nitrogens with zero attached hydrogens (tertiary/aromatic N) is 1. The van der Waals surface area contributed by atoms with Crippen molar-refractivity contribution in [2.24, 2.45) is 0 Å². The first-order valence-electron chi connectivity index (χ1n) is 8.33. The molecule has 0 saturated carbocycles. The molecule has 0 saturated heterocycles. The first-order valence-corrected chi connectivity index (χ1v) is 9.09. The van der Waals surface area contributed by atoms with Crippen molar-refractivity contribution in [3.8, 4) is 0 Å². The van der Waals surface area contributed by atoms with Gasteiger partial charge in [-0.05, 0) is 30.3 Å². The minimum Gasteiger partial charge on any atom is -0.459 e. The Labute approximate surface area is 176 Å². The highest BCUT2D eigenvalue weighted by Gasteiger charge is 2.15. The predicted molar refractivity (Wildman–Crippen MR) is 107 cm³/mol. The van der Waals surface area contributed by atoms with Crippen LogP contribution in [0, 0.1) is 0 Å². The summed E-state index contributed by atoms with van der Waals surface area (Å²) in [5.41, 5.74) is 0.436. The quantitative estimate of drug-likeness (QED) is 0.574. The second-order valence-corrected chi connectivity index (χ2v) is 6.68. The normalized spacial score (nSPS) is 10.2. The fourth-order valence-corrected chi connectivity index (χ4v) is 2.40. The molecular weight excluding hydrogens is 423 g/mol. The number of rotatable bonds is 8. The van der Waals surface area contributed by atoms with Gasteiger partial charge in [-0.15, -0.1) is 0 Å². The molecule has 0 atom stereocenters. The van der Waals surface area contributed by atoms with E-state index in [1.165, 1.54) is 31.5 Å². The number of hydrogen-bond donors (Lipinski definition) is 3. The van der Waals surface area contributed by atoms with E-state index in [2.05, 4.69) is 16.0 Å². The SMILES string of the molecule is CN(CC(=O)Nc1ccc(Cl)c(Cl)c1)C(=O)CNC(=O)CNC(=O)c1ccco1. The van der Waals surface area contributed by atoms with E-state index in [0.29, 0.717) is 10.7 Å². The fourth-order valence-electron chi connectivity index (χ4n) is 2.11. The molecule has 154 valence electrons. The van der Waals surface area contributed by atoms with Crippen LogP contribution in [0.2, 0.25) is 10.0 Å². The maximum atomic E-state index is 12.0. The molecule has 0 radical (unpaired) electrons. The molecule has 0 bridgehead atoms. The van der Waals surface area contributed by atoms with Gasteiger partial charge in [0, 0.05) is 12.7 Å². The van der Waals surface area contributed by atoms with E-state index in [4.69, 9.17) is 27.6 Å². The van der Waals surface area contributed by atoms with Crippen LogP contribution in [0.4, 0.5) is 5.69 Å². The fraction of sp³-hybridized carbons (Fsp3) is 0.222. The summed E-state index contributed by atoms with van der Waals surface area (Å²) in [6, 6.07) is 7.59. The van der Waals surface area contributed by atoms with Crippen LogP contribution in [0.3, 0.4) is 0 Å². The first-order chi connectivity index (χ1) is 13.8. The highest BCUT2D eigenvalue weighted by molar-refractivity contribution is 6.42. The Morgan fingerprint density at radius 3 is 2.41 bits per heavy atom. The number of halogens is 2. The molecule has 1 aromatic heterocycles. The third kappa shape index (κ3) is 7.13. The lowest BCUT2D eigenvalue weighted by Crippen LogP contribution is -2.44. The van der Waals surface area contributed by atoms with Crippen LogP contribution in [0.15, 0.2) is 41.0 Å². The average molecular weight is 441 g/mol. The van der Waals surface area contributed by atoms with Crippen LogP contribution in [-0.4, -0.2) is 55.2 Å². The molecule has 0 spiro atoms. The Morgan fingerprint density at radius 2 is 1.76 bits per heavy atom. The van der Waals surface area contributed by atoms with Gasteiger partial charge in [-0.2, -0.15) is 0 Å². The largest absolute Gasteiger partial charge is 0.459 e. The third-order valence-corrected chi connectivity index (χ3v) is 4.34. The second-order valence-electron chi connectivity index (χ2n) is 5.86. The molecule has 2 aromatic rings. The number of likely N-dealkylation sites (N-methyl/N-ethyl adjacent to an activating group) is 1. The number of benzene rings is 1. The highest BCUT2D eigenvalue weighted by Crippen LogP contribution is 2.24. The topological polar surface area (TPSA) is 121 Å². The van der Waals surface area contributed by atoms with E-state index in [0.717, 1.165) is 4.90 Å². The zero-order valence-corrected chi connectivity index (χ0v) is 16.8. The Balaban J connectivity index is 1.70. The van der Waals surface area contributed by atoms with Gasteiger partial charge in [0.15, 0.2) is 5.76 Å². The molecule has 1 heterocycles. The predicted octanol–water partition coefficient (Wildman–Crippen LogP) is 1.53. The summed E-state index contributed by atoms with van der Waals surface area (Å²) in [6.07, 6.45) is 1.33. The number of furan rings is 1. The summed E-state index contributed by atoms with van der Waals surface area (Å²) >= 11 is 11.7. The van der Waals surface area contributed by atoms with Crippen LogP contribution in [0.25, 0.3) is 0 Å². The van der Waals surface area contributed by atoms with Gasteiger partial charge in [-0.3, -0.25) is 19.2 Å². The minimum atomic E-state index is -0.563. The number of hydrogen-bond acceptors (Lipinski definition) is 5. The van der Waals surface area contributed by atoms with Crippen molar-refractivity contribution < 1.29 is 23.6 Å². The molecule has 0 aliphatic heterocycles. The van der Waals surface area contributed by atoms with Crippen molar-refractivity contribution in [1.82, 2.24) is 15.5 Å². The van der Waals surface area contributed by atoms with E-state index in [1.807, 2.05) is 0 Å². The summed E-state index contributed by atoms with van der Waals surface area (Å²) in [4.78, 5) is 48.6. The highest BCUT2D eigenvalue weighted by atomic mass is 35.5. The van der Waals surface area contributed by atoms with Gasteiger partial charge in [0.25, 0.3) is 5.91 Å². The smallest absolute Gasteiger partial charge is 0.287 e. The molecule has 0 fully saturated rings. The summed E-state index contributed by atoms with van der Waals surface area (Å²) in [6.45, 7) is -0.884. The van der Waals surface area contributed by atoms with Gasteiger partial charge < -0.3 is 25.3 Å². The summed E-state index contributed by atoms with van der Waals surface area (Å²) in [5, 5.41) is 7.94. The Morgan fingerprint density at radius 1 is 1.00 bits per heavy atom. The van der Waals surface area contributed by atoms with Crippen molar-refractivity contribution in [3.63, 3.8) is 0 Å². The average Bonchev–Trinajstić information content (AvgIpc) is 3.21. The van der Waals surface area contributed by atoms with E-state index < -0.39 is 23.6 Å². The molecule has 3 N–H and O–H groups in total. The molecule has 2 rings (SSSR count). The third-order valence-electron chi connectivity index (χ3n) is 3.60. The van der Waals surface area contributed by atoms with E-state index >= 15 is 0 Å². The van der Waals surface area contributed by atoms with Crippen molar-refractivity contribution in [2.45, 2.75) is 0 Å². The molecule has 0 aliphatic carbocycles. The Hall–Kier alpha value is -3.04. The van der Waals surface area contributed by atoms with Crippen LogP contribution in [0.1, 0.15) is 10.6 Å². The van der Waals surface area contributed by atoms with Crippen LogP contribution < -0.4 is 16.0 Å². The molecule has 1 aromatic carbocycles. The lowest BCUT2D eigenvalue weighted by molar-refractivity contribution is -0.134. The standard InChI is InChI=1S/C18H18Cl2N4O5/c1-24(10-16(26)23-11-4-5-12(19)13(20)7-11)17(27)9-21-15(25)8-22-18(28)14-3-2-6-29-14/h2-7H,8-10H2,1H3,(H,21,25)(H,22,28)(H,23,26). The van der Waals surface area contributed by atoms with Crippen molar-refractivity contribution in [3.05, 3.63) is 52.4 Å². The van der Waals surface area contributed by atoms with E-state index in [9.17, 15) is 19.2 Å². The second kappa shape index (κ2) is 10.5. The van der Waals surface area contributed by atoms with E-state index in [-0.39, 0.29) is 30.4 Å². The molecular formula is C18H18Cl2N4O5. The van der Waals surface area contributed by atoms with Crippen molar-refractivity contribution in [2.75, 3.05) is 32.0 Å². The van der Waals surface area contributed by atoms with Gasteiger partial charge in [0.05, 0.1) is 35.9 Å². The number of carbonyl (C=O) groups excluding carboxylic acids is 4. The molecule has 11 heteroatoms.